The summed E-state index contributed by atoms with van der Waals surface area (Å²) in [6.07, 6.45) is 2.89. The number of hydrogen-bond donors (Lipinski definition) is 1. The standard InChI is InChI=1S/C21H28N2O6S/c1-12-17(19(24)29-21(2,3)4)14(11-15(22-12)20(27-5)28-6)13-9-8-10-16(23(25)26)18(13)30-7/h8-11,14,20,22H,1-7H3. The maximum atomic E-state index is 13.1. The Morgan fingerprint density at radius 2 is 1.90 bits per heavy atom. The number of esters is 1. The average Bonchev–Trinajstić information content (AvgIpc) is 2.66. The third-order valence-corrected chi connectivity index (χ3v) is 5.31. The third-order valence-electron chi connectivity index (χ3n) is 4.45. The van der Waals surface area contributed by atoms with Crippen LogP contribution in [0.15, 0.2) is 46.1 Å². The maximum absolute atomic E-state index is 13.1. The number of ether oxygens (including phenoxy) is 3. The minimum Gasteiger partial charge on any atom is -0.457 e. The molecule has 30 heavy (non-hydrogen) atoms. The second kappa shape index (κ2) is 9.63. The monoisotopic (exact) mass is 436 g/mol. The molecule has 0 aliphatic carbocycles. The molecule has 1 aromatic rings. The largest absolute Gasteiger partial charge is 0.457 e. The molecule has 0 fully saturated rings. The van der Waals surface area contributed by atoms with Crippen LogP contribution >= 0.6 is 11.8 Å². The molecule has 9 heteroatoms. The van der Waals surface area contributed by atoms with Gasteiger partial charge in [0.05, 0.1) is 21.1 Å². The highest BCUT2D eigenvalue weighted by molar-refractivity contribution is 7.98. The first-order valence-electron chi connectivity index (χ1n) is 9.33. The van der Waals surface area contributed by atoms with Crippen molar-refractivity contribution in [2.45, 2.75) is 50.4 Å². The molecule has 164 valence electrons. The Kier molecular flexibility index (Phi) is 7.68. The van der Waals surface area contributed by atoms with Gasteiger partial charge in [-0.05, 0) is 45.6 Å². The van der Waals surface area contributed by atoms with E-state index in [9.17, 15) is 14.9 Å². The number of dihydropyridines is 1. The van der Waals surface area contributed by atoms with Gasteiger partial charge >= 0.3 is 5.97 Å². The van der Waals surface area contributed by atoms with Crippen LogP contribution in [0.3, 0.4) is 0 Å². The molecule has 1 aliphatic heterocycles. The van der Waals surface area contributed by atoms with Gasteiger partial charge in [-0.1, -0.05) is 12.1 Å². The fourth-order valence-corrected chi connectivity index (χ4v) is 4.10. The molecule has 0 saturated carbocycles. The number of carbonyl (C=O) groups is 1. The molecule has 1 N–H and O–H groups in total. The molecular weight excluding hydrogens is 408 g/mol. The number of thioether (sulfide) groups is 1. The summed E-state index contributed by atoms with van der Waals surface area (Å²) in [5.74, 6) is -1.07. The van der Waals surface area contributed by atoms with E-state index < -0.39 is 28.7 Å². The number of nitrogens with one attached hydrogen (secondary N) is 1. The van der Waals surface area contributed by atoms with Crippen LogP contribution in [0, 0.1) is 10.1 Å². The van der Waals surface area contributed by atoms with E-state index in [0.717, 1.165) is 0 Å². The second-order valence-electron chi connectivity index (χ2n) is 7.73. The van der Waals surface area contributed by atoms with E-state index in [-0.39, 0.29) is 5.69 Å². The first kappa shape index (κ1) is 23.9. The number of nitrogens with zero attached hydrogens (tertiary/aromatic N) is 1. The van der Waals surface area contributed by atoms with Crippen LogP contribution in [0.1, 0.15) is 39.2 Å². The number of rotatable bonds is 7. The van der Waals surface area contributed by atoms with Crippen LogP contribution in [-0.4, -0.2) is 43.3 Å². The van der Waals surface area contributed by atoms with Gasteiger partial charge in [0.1, 0.15) is 5.60 Å². The highest BCUT2D eigenvalue weighted by Gasteiger charge is 2.35. The zero-order valence-electron chi connectivity index (χ0n) is 18.3. The lowest BCUT2D eigenvalue weighted by atomic mass is 9.86. The summed E-state index contributed by atoms with van der Waals surface area (Å²) < 4.78 is 16.4. The van der Waals surface area contributed by atoms with E-state index in [0.29, 0.717) is 27.4 Å². The Morgan fingerprint density at radius 3 is 2.40 bits per heavy atom. The van der Waals surface area contributed by atoms with Crippen LogP contribution in [0.25, 0.3) is 0 Å². The quantitative estimate of drug-likeness (QED) is 0.224. The van der Waals surface area contributed by atoms with E-state index in [4.69, 9.17) is 14.2 Å². The maximum Gasteiger partial charge on any atom is 0.337 e. The zero-order valence-corrected chi connectivity index (χ0v) is 19.1. The topological polar surface area (TPSA) is 99.9 Å². The molecule has 1 aromatic carbocycles. The Hall–Kier alpha value is -2.36. The van der Waals surface area contributed by atoms with Gasteiger partial charge in [-0.3, -0.25) is 10.1 Å². The van der Waals surface area contributed by atoms with Crippen LogP contribution in [0.5, 0.6) is 0 Å². The van der Waals surface area contributed by atoms with Gasteiger partial charge in [0.15, 0.2) is 6.29 Å². The van der Waals surface area contributed by atoms with Crippen molar-refractivity contribution < 1.29 is 23.9 Å². The van der Waals surface area contributed by atoms with Crippen molar-refractivity contribution >= 4 is 23.4 Å². The van der Waals surface area contributed by atoms with Crippen molar-refractivity contribution in [1.82, 2.24) is 5.32 Å². The molecule has 1 unspecified atom stereocenters. The normalized spacial score (nSPS) is 16.9. The summed E-state index contributed by atoms with van der Waals surface area (Å²) in [6, 6.07) is 4.86. The molecular formula is C21H28N2O6S. The molecule has 0 aromatic heterocycles. The van der Waals surface area contributed by atoms with Gasteiger partial charge in [-0.2, -0.15) is 0 Å². The highest BCUT2D eigenvalue weighted by atomic mass is 32.2. The average molecular weight is 437 g/mol. The number of benzene rings is 1. The predicted molar refractivity (Wildman–Crippen MR) is 115 cm³/mol. The molecule has 1 aliphatic rings. The van der Waals surface area contributed by atoms with Crippen LogP contribution in [0.4, 0.5) is 5.69 Å². The van der Waals surface area contributed by atoms with Crippen LogP contribution in [-0.2, 0) is 19.0 Å². The van der Waals surface area contributed by atoms with Gasteiger partial charge in [-0.15, -0.1) is 11.8 Å². The minimum atomic E-state index is -0.689. The lowest BCUT2D eigenvalue weighted by Crippen LogP contribution is -2.35. The lowest BCUT2D eigenvalue weighted by Gasteiger charge is -2.31. The number of nitro groups is 1. The summed E-state index contributed by atoms with van der Waals surface area (Å²) in [7, 11) is 3.02. The van der Waals surface area contributed by atoms with E-state index in [1.165, 1.54) is 32.0 Å². The van der Waals surface area contributed by atoms with Gasteiger partial charge in [0.2, 0.25) is 0 Å². The Balaban J connectivity index is 2.70. The van der Waals surface area contributed by atoms with Crippen molar-refractivity contribution in [2.75, 3.05) is 20.5 Å². The lowest BCUT2D eigenvalue weighted by molar-refractivity contribution is -0.387. The van der Waals surface area contributed by atoms with Gasteiger partial charge < -0.3 is 19.5 Å². The number of methoxy groups -OCH3 is 2. The molecule has 2 rings (SSSR count). The van der Waals surface area contributed by atoms with E-state index in [2.05, 4.69) is 5.32 Å². The zero-order chi connectivity index (χ0) is 22.6. The molecule has 8 nitrogen and oxygen atoms in total. The first-order valence-corrected chi connectivity index (χ1v) is 10.6. The van der Waals surface area contributed by atoms with E-state index in [1.807, 2.05) is 0 Å². The smallest absolute Gasteiger partial charge is 0.337 e. The van der Waals surface area contributed by atoms with Gasteiger partial charge in [0.25, 0.3) is 5.69 Å². The van der Waals surface area contributed by atoms with Crippen molar-refractivity contribution in [3.05, 3.63) is 56.9 Å². The molecule has 0 bridgehead atoms. The fraction of sp³-hybridized carbons (Fsp3) is 0.476. The summed E-state index contributed by atoms with van der Waals surface area (Å²) in [5.41, 5.74) is 1.51. The Bertz CT molecular complexity index is 884. The number of nitro benzene ring substituents is 1. The number of carbonyl (C=O) groups excluding carboxylic acids is 1. The molecule has 0 saturated heterocycles. The molecule has 1 heterocycles. The van der Waals surface area contributed by atoms with Crippen molar-refractivity contribution in [2.24, 2.45) is 0 Å². The van der Waals surface area contributed by atoms with E-state index in [1.54, 1.807) is 52.2 Å². The Morgan fingerprint density at radius 1 is 1.27 bits per heavy atom. The van der Waals surface area contributed by atoms with Gasteiger partial charge in [0, 0.05) is 31.9 Å². The molecule has 0 amide bonds. The predicted octanol–water partition coefficient (Wildman–Crippen LogP) is 4.12. The first-order chi connectivity index (χ1) is 14.0. The van der Waals surface area contributed by atoms with Crippen LogP contribution < -0.4 is 5.32 Å². The second-order valence-corrected chi connectivity index (χ2v) is 8.54. The molecule has 0 spiro atoms. The van der Waals surface area contributed by atoms with Crippen molar-refractivity contribution in [3.63, 3.8) is 0 Å². The molecule has 0 radical (unpaired) electrons. The number of hydrogen-bond acceptors (Lipinski definition) is 8. The third kappa shape index (κ3) is 5.21. The molecule has 1 atom stereocenters. The van der Waals surface area contributed by atoms with Gasteiger partial charge in [-0.25, -0.2) is 4.79 Å². The summed E-state index contributed by atoms with van der Waals surface area (Å²) in [5, 5.41) is 14.7. The summed E-state index contributed by atoms with van der Waals surface area (Å²) in [6.45, 7) is 7.14. The van der Waals surface area contributed by atoms with Crippen molar-refractivity contribution in [3.8, 4) is 0 Å². The van der Waals surface area contributed by atoms with Crippen molar-refractivity contribution in [1.29, 1.82) is 0 Å². The SMILES string of the molecule is COC(OC)C1=CC(c2cccc([N+](=O)[O-])c2SC)C(C(=O)OC(C)(C)C)=C(C)N1. The number of allylic oxidation sites excluding steroid dienone is 2. The highest BCUT2D eigenvalue weighted by Crippen LogP contribution is 2.42. The summed E-state index contributed by atoms with van der Waals surface area (Å²) >= 11 is 1.26. The van der Waals surface area contributed by atoms with Crippen LogP contribution in [0.2, 0.25) is 0 Å². The summed E-state index contributed by atoms with van der Waals surface area (Å²) in [4.78, 5) is 24.7. The fourth-order valence-electron chi connectivity index (χ4n) is 3.32. The Labute approximate surface area is 180 Å². The van der Waals surface area contributed by atoms with E-state index >= 15 is 0 Å². The minimum absolute atomic E-state index is 0.00953.